The van der Waals surface area contributed by atoms with Gasteiger partial charge >= 0.3 is 0 Å². The predicted octanol–water partition coefficient (Wildman–Crippen LogP) is 1.12. The second-order valence-electron chi connectivity index (χ2n) is 6.21. The molecule has 0 aromatic carbocycles. The van der Waals surface area contributed by atoms with Gasteiger partial charge in [0.2, 0.25) is 11.8 Å². The van der Waals surface area contributed by atoms with Gasteiger partial charge in [0, 0.05) is 19.5 Å². The molecule has 0 aromatic heterocycles. The van der Waals surface area contributed by atoms with Crippen molar-refractivity contribution in [2.45, 2.75) is 52.0 Å². The normalized spacial score (nSPS) is 16.1. The van der Waals surface area contributed by atoms with E-state index in [4.69, 9.17) is 5.73 Å². The van der Waals surface area contributed by atoms with Crippen LogP contribution in [0.4, 0.5) is 0 Å². The molecule has 0 aromatic rings. The van der Waals surface area contributed by atoms with Gasteiger partial charge < -0.3 is 16.0 Å². The van der Waals surface area contributed by atoms with Crippen molar-refractivity contribution >= 4 is 11.8 Å². The molecule has 0 aliphatic heterocycles. The fourth-order valence-corrected chi connectivity index (χ4v) is 2.33. The fraction of sp³-hybridized carbons (Fsp3) is 0.867. The third kappa shape index (κ3) is 6.37. The van der Waals surface area contributed by atoms with Crippen molar-refractivity contribution in [1.29, 1.82) is 0 Å². The third-order valence-corrected chi connectivity index (χ3v) is 3.96. The standard InChI is InChI=1S/C15H29N3O2/c1-11(2)12(8-9-16)4-7-15(20)18(3)10-14(19)17-13-5-6-13/h11-13H,4-10,16H2,1-3H3,(H,17,19). The van der Waals surface area contributed by atoms with E-state index in [-0.39, 0.29) is 18.4 Å². The summed E-state index contributed by atoms with van der Waals surface area (Å²) in [7, 11) is 1.70. The zero-order valence-corrected chi connectivity index (χ0v) is 13.0. The van der Waals surface area contributed by atoms with Crippen LogP contribution < -0.4 is 11.1 Å². The Balaban J connectivity index is 2.26. The van der Waals surface area contributed by atoms with E-state index in [2.05, 4.69) is 19.2 Å². The summed E-state index contributed by atoms with van der Waals surface area (Å²) in [5.74, 6) is 1.01. The molecule has 5 heteroatoms. The van der Waals surface area contributed by atoms with E-state index >= 15 is 0 Å². The Morgan fingerprint density at radius 1 is 1.30 bits per heavy atom. The second-order valence-corrected chi connectivity index (χ2v) is 6.21. The molecule has 3 N–H and O–H groups in total. The highest BCUT2D eigenvalue weighted by atomic mass is 16.2. The van der Waals surface area contributed by atoms with Crippen molar-refractivity contribution in [2.24, 2.45) is 17.6 Å². The molecule has 1 rings (SSSR count). The number of carbonyl (C=O) groups is 2. The van der Waals surface area contributed by atoms with Crippen molar-refractivity contribution in [3.05, 3.63) is 0 Å². The van der Waals surface area contributed by atoms with Crippen LogP contribution in [0.25, 0.3) is 0 Å². The summed E-state index contributed by atoms with van der Waals surface area (Å²) in [5, 5.41) is 2.89. The lowest BCUT2D eigenvalue weighted by molar-refractivity contribution is -0.135. The van der Waals surface area contributed by atoms with E-state index < -0.39 is 0 Å². The molecule has 1 saturated carbocycles. The number of rotatable bonds is 9. The molecule has 116 valence electrons. The minimum atomic E-state index is -0.0503. The molecular formula is C15H29N3O2. The molecule has 0 saturated heterocycles. The molecule has 1 fully saturated rings. The number of likely N-dealkylation sites (N-methyl/N-ethyl adjacent to an activating group) is 1. The maximum Gasteiger partial charge on any atom is 0.239 e. The van der Waals surface area contributed by atoms with E-state index in [9.17, 15) is 9.59 Å². The van der Waals surface area contributed by atoms with Gasteiger partial charge in [-0.05, 0) is 44.1 Å². The molecule has 1 atom stereocenters. The zero-order valence-electron chi connectivity index (χ0n) is 13.0. The van der Waals surface area contributed by atoms with Gasteiger partial charge in [-0.15, -0.1) is 0 Å². The first kappa shape index (κ1) is 17.0. The lowest BCUT2D eigenvalue weighted by atomic mass is 9.88. The average molecular weight is 283 g/mol. The SMILES string of the molecule is CC(C)C(CCN)CCC(=O)N(C)CC(=O)NC1CC1. The van der Waals surface area contributed by atoms with Crippen molar-refractivity contribution in [2.75, 3.05) is 20.1 Å². The Bertz CT molecular complexity index is 327. The molecule has 1 unspecified atom stereocenters. The largest absolute Gasteiger partial charge is 0.352 e. The van der Waals surface area contributed by atoms with E-state index in [0.717, 1.165) is 25.7 Å². The quantitative estimate of drug-likeness (QED) is 0.666. The van der Waals surface area contributed by atoms with Crippen LogP contribution in [0.5, 0.6) is 0 Å². The Morgan fingerprint density at radius 2 is 1.95 bits per heavy atom. The predicted molar refractivity (Wildman–Crippen MR) is 80.0 cm³/mol. The number of amides is 2. The van der Waals surface area contributed by atoms with Crippen LogP contribution in [-0.2, 0) is 9.59 Å². The molecule has 0 heterocycles. The first-order valence-electron chi connectivity index (χ1n) is 7.67. The van der Waals surface area contributed by atoms with Crippen molar-refractivity contribution in [3.63, 3.8) is 0 Å². The van der Waals surface area contributed by atoms with Gasteiger partial charge in [0.1, 0.15) is 0 Å². The van der Waals surface area contributed by atoms with Crippen LogP contribution >= 0.6 is 0 Å². The lowest BCUT2D eigenvalue weighted by Crippen LogP contribution is -2.39. The fourth-order valence-electron chi connectivity index (χ4n) is 2.33. The third-order valence-electron chi connectivity index (χ3n) is 3.96. The average Bonchev–Trinajstić information content (AvgIpc) is 3.17. The molecule has 1 aliphatic rings. The number of hydrogen-bond acceptors (Lipinski definition) is 3. The van der Waals surface area contributed by atoms with E-state index in [1.165, 1.54) is 4.90 Å². The van der Waals surface area contributed by atoms with Crippen LogP contribution in [0.15, 0.2) is 0 Å². The van der Waals surface area contributed by atoms with Crippen LogP contribution in [0, 0.1) is 11.8 Å². The van der Waals surface area contributed by atoms with Gasteiger partial charge in [0.15, 0.2) is 0 Å². The van der Waals surface area contributed by atoms with Gasteiger partial charge in [0.05, 0.1) is 6.54 Å². The van der Waals surface area contributed by atoms with Gasteiger partial charge in [0.25, 0.3) is 0 Å². The molecule has 5 nitrogen and oxygen atoms in total. The summed E-state index contributed by atoms with van der Waals surface area (Å²) >= 11 is 0. The number of nitrogens with zero attached hydrogens (tertiary/aromatic N) is 1. The minimum absolute atomic E-state index is 0.0404. The summed E-state index contributed by atoms with van der Waals surface area (Å²) in [4.78, 5) is 25.2. The van der Waals surface area contributed by atoms with Crippen LogP contribution in [0.2, 0.25) is 0 Å². The monoisotopic (exact) mass is 283 g/mol. The summed E-state index contributed by atoms with van der Waals surface area (Å²) in [5.41, 5.74) is 5.60. The molecule has 2 amide bonds. The van der Waals surface area contributed by atoms with Gasteiger partial charge in [-0.25, -0.2) is 0 Å². The van der Waals surface area contributed by atoms with Gasteiger partial charge in [-0.1, -0.05) is 13.8 Å². The number of carbonyl (C=O) groups excluding carboxylic acids is 2. The summed E-state index contributed by atoms with van der Waals surface area (Å²) in [6.45, 7) is 5.16. The molecule has 0 bridgehead atoms. The number of hydrogen-bond donors (Lipinski definition) is 2. The highest BCUT2D eigenvalue weighted by molar-refractivity contribution is 5.84. The van der Waals surface area contributed by atoms with Crippen molar-refractivity contribution in [1.82, 2.24) is 10.2 Å². The van der Waals surface area contributed by atoms with E-state index in [1.54, 1.807) is 7.05 Å². The molecule has 0 radical (unpaired) electrons. The van der Waals surface area contributed by atoms with Crippen LogP contribution in [0.3, 0.4) is 0 Å². The van der Waals surface area contributed by atoms with Gasteiger partial charge in [-0.3, -0.25) is 9.59 Å². The summed E-state index contributed by atoms with van der Waals surface area (Å²) in [6.07, 6.45) is 4.44. The Morgan fingerprint density at radius 3 is 2.45 bits per heavy atom. The molecule has 20 heavy (non-hydrogen) atoms. The Labute approximate surface area is 122 Å². The highest BCUT2D eigenvalue weighted by Gasteiger charge is 2.24. The van der Waals surface area contributed by atoms with Gasteiger partial charge in [-0.2, -0.15) is 0 Å². The molecule has 1 aliphatic carbocycles. The minimum Gasteiger partial charge on any atom is -0.352 e. The smallest absolute Gasteiger partial charge is 0.239 e. The summed E-state index contributed by atoms with van der Waals surface area (Å²) in [6, 6.07) is 0.348. The maximum atomic E-state index is 12.0. The van der Waals surface area contributed by atoms with E-state index in [1.807, 2.05) is 0 Å². The van der Waals surface area contributed by atoms with Crippen LogP contribution in [0.1, 0.15) is 46.0 Å². The summed E-state index contributed by atoms with van der Waals surface area (Å²) < 4.78 is 0. The number of nitrogens with one attached hydrogen (secondary N) is 1. The first-order valence-corrected chi connectivity index (χ1v) is 7.67. The molecule has 0 spiro atoms. The van der Waals surface area contributed by atoms with Crippen LogP contribution in [-0.4, -0.2) is 42.9 Å². The number of nitrogens with two attached hydrogens (primary N) is 1. The first-order chi connectivity index (χ1) is 9.43. The van der Waals surface area contributed by atoms with Crippen molar-refractivity contribution < 1.29 is 9.59 Å². The lowest BCUT2D eigenvalue weighted by Gasteiger charge is -2.22. The highest BCUT2D eigenvalue weighted by Crippen LogP contribution is 2.21. The zero-order chi connectivity index (χ0) is 15.1. The molecular weight excluding hydrogens is 254 g/mol. The Hall–Kier alpha value is -1.10. The van der Waals surface area contributed by atoms with Crippen molar-refractivity contribution in [3.8, 4) is 0 Å². The second kappa shape index (κ2) is 8.25. The Kier molecular flexibility index (Phi) is 6.99. The van der Waals surface area contributed by atoms with E-state index in [0.29, 0.717) is 30.8 Å². The maximum absolute atomic E-state index is 12.0. The topological polar surface area (TPSA) is 75.4 Å².